The smallest absolute Gasteiger partial charge is 0.0366 e. The molecule has 0 radical (unpaired) electrons. The molecular weight excluding hydrogens is 256 g/mol. The summed E-state index contributed by atoms with van der Waals surface area (Å²) in [5.41, 5.74) is 3.04. The Balaban J connectivity index is 1.86. The molecule has 1 aliphatic heterocycles. The third kappa shape index (κ3) is 4.74. The van der Waals surface area contributed by atoms with Crippen molar-refractivity contribution in [2.45, 2.75) is 46.5 Å². The first-order valence-electron chi connectivity index (χ1n) is 8.42. The van der Waals surface area contributed by atoms with E-state index in [1.165, 1.54) is 30.8 Å². The first-order valence-corrected chi connectivity index (χ1v) is 8.42. The van der Waals surface area contributed by atoms with Crippen molar-refractivity contribution in [1.82, 2.24) is 5.32 Å². The summed E-state index contributed by atoms with van der Waals surface area (Å²) in [6.07, 6.45) is 1.31. The lowest BCUT2D eigenvalue weighted by atomic mass is 9.87. The van der Waals surface area contributed by atoms with Crippen LogP contribution in [-0.4, -0.2) is 26.2 Å². The van der Waals surface area contributed by atoms with Gasteiger partial charge in [-0.1, -0.05) is 46.8 Å². The Morgan fingerprint density at radius 3 is 2.43 bits per heavy atom. The molecule has 1 atom stereocenters. The van der Waals surface area contributed by atoms with Gasteiger partial charge < -0.3 is 10.2 Å². The fraction of sp³-hybridized carbons (Fsp3) is 0.684. The lowest BCUT2D eigenvalue weighted by molar-refractivity contribution is 0.477. The lowest BCUT2D eigenvalue weighted by Crippen LogP contribution is -2.28. The Labute approximate surface area is 130 Å². The van der Waals surface area contributed by atoms with E-state index in [9.17, 15) is 0 Å². The molecule has 2 nitrogen and oxygen atoms in total. The number of nitrogens with zero attached hydrogens (tertiary/aromatic N) is 1. The monoisotopic (exact) mass is 288 g/mol. The van der Waals surface area contributed by atoms with E-state index in [1.807, 2.05) is 0 Å². The summed E-state index contributed by atoms with van der Waals surface area (Å²) >= 11 is 0. The molecular formula is C19H32N2. The average molecular weight is 288 g/mol. The molecule has 1 aromatic rings. The van der Waals surface area contributed by atoms with E-state index in [4.69, 9.17) is 0 Å². The predicted octanol–water partition coefficient (Wildman–Crippen LogP) is 4.06. The Bertz CT molecular complexity index is 428. The van der Waals surface area contributed by atoms with E-state index >= 15 is 0 Å². The molecule has 1 aliphatic rings. The topological polar surface area (TPSA) is 15.3 Å². The fourth-order valence-electron chi connectivity index (χ4n) is 2.98. The van der Waals surface area contributed by atoms with E-state index in [1.54, 1.807) is 0 Å². The highest BCUT2D eigenvalue weighted by Gasteiger charge is 2.22. The van der Waals surface area contributed by atoms with Crippen LogP contribution < -0.4 is 10.2 Å². The van der Waals surface area contributed by atoms with Gasteiger partial charge in [0.05, 0.1) is 0 Å². The molecule has 1 fully saturated rings. The lowest BCUT2D eigenvalue weighted by Gasteiger charge is -2.23. The summed E-state index contributed by atoms with van der Waals surface area (Å²) < 4.78 is 0. The maximum atomic E-state index is 3.60. The molecule has 1 saturated heterocycles. The molecule has 0 bridgehead atoms. The van der Waals surface area contributed by atoms with Gasteiger partial charge in [-0.15, -0.1) is 0 Å². The summed E-state index contributed by atoms with van der Waals surface area (Å²) in [6.45, 7) is 16.0. The van der Waals surface area contributed by atoms with Gasteiger partial charge in [-0.3, -0.25) is 0 Å². The van der Waals surface area contributed by atoms with Crippen molar-refractivity contribution < 1.29 is 0 Å². The Hall–Kier alpha value is -1.02. The molecule has 1 unspecified atom stereocenters. The first-order chi connectivity index (χ1) is 9.86. The van der Waals surface area contributed by atoms with Crippen LogP contribution in [0.2, 0.25) is 0 Å². The van der Waals surface area contributed by atoms with Crippen molar-refractivity contribution in [2.24, 2.45) is 11.8 Å². The van der Waals surface area contributed by atoms with Gasteiger partial charge in [0.15, 0.2) is 0 Å². The Morgan fingerprint density at radius 2 is 1.86 bits per heavy atom. The van der Waals surface area contributed by atoms with E-state index in [-0.39, 0.29) is 5.41 Å². The molecule has 1 aromatic carbocycles. The highest BCUT2D eigenvalue weighted by atomic mass is 15.2. The van der Waals surface area contributed by atoms with Gasteiger partial charge in [-0.2, -0.15) is 0 Å². The van der Waals surface area contributed by atoms with Gasteiger partial charge in [0.25, 0.3) is 0 Å². The second kappa shape index (κ2) is 6.83. The standard InChI is InChI=1S/C19H32N2/c1-15(2)12-20-13-16-10-11-21(14-16)18-8-6-17(7-9-18)19(3,4)5/h6-9,15-16,20H,10-14H2,1-5H3. The van der Waals surface area contributed by atoms with Crippen LogP contribution in [0.1, 0.15) is 46.6 Å². The van der Waals surface area contributed by atoms with Crippen LogP contribution in [0.5, 0.6) is 0 Å². The number of hydrogen-bond donors (Lipinski definition) is 1. The Kier molecular flexibility index (Phi) is 5.32. The van der Waals surface area contributed by atoms with E-state index < -0.39 is 0 Å². The second-order valence-electron chi connectivity index (χ2n) is 7.95. The normalized spacial score (nSPS) is 19.5. The van der Waals surface area contributed by atoms with Crippen LogP contribution in [0.25, 0.3) is 0 Å². The minimum absolute atomic E-state index is 0.243. The third-order valence-corrected chi connectivity index (χ3v) is 4.37. The first kappa shape index (κ1) is 16.4. The number of anilines is 1. The van der Waals surface area contributed by atoms with Gasteiger partial charge >= 0.3 is 0 Å². The minimum atomic E-state index is 0.243. The van der Waals surface area contributed by atoms with E-state index in [0.717, 1.165) is 24.9 Å². The largest absolute Gasteiger partial charge is 0.371 e. The van der Waals surface area contributed by atoms with Crippen LogP contribution in [0.3, 0.4) is 0 Å². The molecule has 0 aromatic heterocycles. The second-order valence-corrected chi connectivity index (χ2v) is 7.95. The van der Waals surface area contributed by atoms with Crippen LogP contribution in [0, 0.1) is 11.8 Å². The number of rotatable bonds is 5. The molecule has 0 spiro atoms. The Morgan fingerprint density at radius 1 is 1.19 bits per heavy atom. The molecule has 0 aliphatic carbocycles. The van der Waals surface area contributed by atoms with Gasteiger partial charge in [-0.05, 0) is 54.5 Å². The maximum absolute atomic E-state index is 3.60. The van der Waals surface area contributed by atoms with Crippen molar-refractivity contribution in [3.63, 3.8) is 0 Å². The van der Waals surface area contributed by atoms with Gasteiger partial charge in [0, 0.05) is 18.8 Å². The van der Waals surface area contributed by atoms with Crippen LogP contribution in [-0.2, 0) is 5.41 Å². The van der Waals surface area contributed by atoms with Crippen molar-refractivity contribution in [2.75, 3.05) is 31.1 Å². The zero-order valence-electron chi connectivity index (χ0n) is 14.4. The van der Waals surface area contributed by atoms with Crippen molar-refractivity contribution in [3.8, 4) is 0 Å². The number of nitrogens with one attached hydrogen (secondary N) is 1. The highest BCUT2D eigenvalue weighted by Crippen LogP contribution is 2.27. The molecule has 0 saturated carbocycles. The molecule has 2 rings (SSSR count). The molecule has 21 heavy (non-hydrogen) atoms. The third-order valence-electron chi connectivity index (χ3n) is 4.37. The molecule has 1 N–H and O–H groups in total. The summed E-state index contributed by atoms with van der Waals surface area (Å²) in [7, 11) is 0. The van der Waals surface area contributed by atoms with Crippen LogP contribution in [0.15, 0.2) is 24.3 Å². The quantitative estimate of drug-likeness (QED) is 0.879. The summed E-state index contributed by atoms with van der Waals surface area (Å²) in [5.74, 6) is 1.54. The summed E-state index contributed by atoms with van der Waals surface area (Å²) in [6, 6.07) is 9.17. The van der Waals surface area contributed by atoms with Gasteiger partial charge in [0.2, 0.25) is 0 Å². The van der Waals surface area contributed by atoms with Crippen LogP contribution >= 0.6 is 0 Å². The highest BCUT2D eigenvalue weighted by molar-refractivity contribution is 5.49. The molecule has 118 valence electrons. The van der Waals surface area contributed by atoms with E-state index in [0.29, 0.717) is 0 Å². The summed E-state index contributed by atoms with van der Waals surface area (Å²) in [4.78, 5) is 2.54. The van der Waals surface area contributed by atoms with Gasteiger partial charge in [0.1, 0.15) is 0 Å². The van der Waals surface area contributed by atoms with Crippen molar-refractivity contribution in [1.29, 1.82) is 0 Å². The fourth-order valence-corrected chi connectivity index (χ4v) is 2.98. The zero-order valence-corrected chi connectivity index (χ0v) is 14.4. The van der Waals surface area contributed by atoms with Crippen LogP contribution in [0.4, 0.5) is 5.69 Å². The average Bonchev–Trinajstić information content (AvgIpc) is 2.86. The van der Waals surface area contributed by atoms with Crippen molar-refractivity contribution >= 4 is 5.69 Å². The summed E-state index contributed by atoms with van der Waals surface area (Å²) in [5, 5.41) is 3.60. The number of hydrogen-bond acceptors (Lipinski definition) is 2. The zero-order chi connectivity index (χ0) is 15.5. The molecule has 1 heterocycles. The molecule has 0 amide bonds. The predicted molar refractivity (Wildman–Crippen MR) is 93.2 cm³/mol. The van der Waals surface area contributed by atoms with Gasteiger partial charge in [-0.25, -0.2) is 0 Å². The molecule has 2 heteroatoms. The maximum Gasteiger partial charge on any atom is 0.0366 e. The van der Waals surface area contributed by atoms with E-state index in [2.05, 4.69) is 69.1 Å². The van der Waals surface area contributed by atoms with Crippen molar-refractivity contribution in [3.05, 3.63) is 29.8 Å². The number of benzene rings is 1. The minimum Gasteiger partial charge on any atom is -0.371 e. The SMILES string of the molecule is CC(C)CNCC1CCN(c2ccc(C(C)(C)C)cc2)C1.